The fourth-order valence-electron chi connectivity index (χ4n) is 3.19. The summed E-state index contributed by atoms with van der Waals surface area (Å²) in [5.74, 6) is -0.378. The van der Waals surface area contributed by atoms with Gasteiger partial charge in [0.15, 0.2) is 11.5 Å². The minimum absolute atomic E-state index is 0.686. The first-order valence-corrected chi connectivity index (χ1v) is 9.60. The SMILES string of the molecule is COc1cc(OC)c(OC)cc1CN1CCN(Cc2ccco2)CC1.O=C(O)C(=O)O. The monoisotopic (exact) mass is 436 g/mol. The minimum atomic E-state index is -1.82. The number of carboxylic acid groups (broad SMARTS) is 2. The third-order valence-corrected chi connectivity index (χ3v) is 4.79. The highest BCUT2D eigenvalue weighted by Crippen LogP contribution is 2.35. The Hall–Kier alpha value is -3.24. The molecule has 1 aromatic heterocycles. The third kappa shape index (κ3) is 7.19. The van der Waals surface area contributed by atoms with Gasteiger partial charge in [-0.25, -0.2) is 9.59 Å². The van der Waals surface area contributed by atoms with Gasteiger partial charge in [-0.05, 0) is 18.2 Å². The number of hydrogen-bond donors (Lipinski definition) is 2. The van der Waals surface area contributed by atoms with Crippen LogP contribution in [0.1, 0.15) is 11.3 Å². The van der Waals surface area contributed by atoms with Gasteiger partial charge in [-0.3, -0.25) is 9.80 Å². The summed E-state index contributed by atoms with van der Waals surface area (Å²) in [4.78, 5) is 23.0. The number of aliphatic carboxylic acids is 2. The summed E-state index contributed by atoms with van der Waals surface area (Å²) in [7, 11) is 4.97. The molecule has 3 rings (SSSR count). The Balaban J connectivity index is 0.000000501. The molecule has 2 aromatic rings. The van der Waals surface area contributed by atoms with E-state index < -0.39 is 11.9 Å². The second-order valence-electron chi connectivity index (χ2n) is 6.76. The number of carbonyl (C=O) groups is 2. The second kappa shape index (κ2) is 11.8. The van der Waals surface area contributed by atoms with Gasteiger partial charge in [-0.15, -0.1) is 0 Å². The van der Waals surface area contributed by atoms with Crippen LogP contribution in [0.2, 0.25) is 0 Å². The maximum absolute atomic E-state index is 9.10. The van der Waals surface area contributed by atoms with Gasteiger partial charge in [-0.1, -0.05) is 0 Å². The zero-order valence-electron chi connectivity index (χ0n) is 17.9. The zero-order valence-corrected chi connectivity index (χ0v) is 17.9. The van der Waals surface area contributed by atoms with Gasteiger partial charge in [0.25, 0.3) is 0 Å². The average Bonchev–Trinajstić information content (AvgIpc) is 3.28. The lowest BCUT2D eigenvalue weighted by Gasteiger charge is -2.34. The number of nitrogens with zero attached hydrogens (tertiary/aromatic N) is 2. The maximum Gasteiger partial charge on any atom is 0.414 e. The number of furan rings is 1. The van der Waals surface area contributed by atoms with E-state index in [1.165, 1.54) is 0 Å². The molecule has 0 aliphatic carbocycles. The van der Waals surface area contributed by atoms with Crippen molar-refractivity contribution in [3.8, 4) is 17.2 Å². The smallest absolute Gasteiger partial charge is 0.414 e. The van der Waals surface area contributed by atoms with Crippen LogP contribution in [0.3, 0.4) is 0 Å². The van der Waals surface area contributed by atoms with Crippen molar-refractivity contribution in [1.82, 2.24) is 9.80 Å². The minimum Gasteiger partial charge on any atom is -0.496 e. The number of benzene rings is 1. The molecule has 0 saturated carbocycles. The molecule has 1 aliphatic rings. The van der Waals surface area contributed by atoms with Crippen molar-refractivity contribution >= 4 is 11.9 Å². The summed E-state index contributed by atoms with van der Waals surface area (Å²) < 4.78 is 21.8. The largest absolute Gasteiger partial charge is 0.496 e. The van der Waals surface area contributed by atoms with Crippen LogP contribution in [0.5, 0.6) is 17.2 Å². The molecular formula is C21H28N2O8. The lowest BCUT2D eigenvalue weighted by Crippen LogP contribution is -2.45. The van der Waals surface area contributed by atoms with E-state index in [9.17, 15) is 0 Å². The van der Waals surface area contributed by atoms with E-state index >= 15 is 0 Å². The van der Waals surface area contributed by atoms with Crippen LogP contribution in [0.15, 0.2) is 34.9 Å². The van der Waals surface area contributed by atoms with Crippen molar-refractivity contribution in [2.75, 3.05) is 47.5 Å². The Labute approximate surface area is 180 Å². The molecule has 10 nitrogen and oxygen atoms in total. The lowest BCUT2D eigenvalue weighted by molar-refractivity contribution is -0.159. The van der Waals surface area contributed by atoms with E-state index in [1.807, 2.05) is 24.3 Å². The molecule has 31 heavy (non-hydrogen) atoms. The summed E-state index contributed by atoms with van der Waals surface area (Å²) in [5, 5.41) is 14.8. The van der Waals surface area contributed by atoms with Crippen LogP contribution in [0, 0.1) is 0 Å². The van der Waals surface area contributed by atoms with Crippen molar-refractivity contribution in [3.63, 3.8) is 0 Å². The summed E-state index contributed by atoms with van der Waals surface area (Å²) in [5.41, 5.74) is 1.11. The molecule has 170 valence electrons. The van der Waals surface area contributed by atoms with E-state index in [-0.39, 0.29) is 0 Å². The number of ether oxygens (including phenoxy) is 3. The van der Waals surface area contributed by atoms with Gasteiger partial charge in [0, 0.05) is 44.4 Å². The molecule has 1 aromatic carbocycles. The van der Waals surface area contributed by atoms with Gasteiger partial charge >= 0.3 is 11.9 Å². The normalized spacial score (nSPS) is 14.3. The van der Waals surface area contributed by atoms with Crippen molar-refractivity contribution in [3.05, 3.63) is 41.9 Å². The molecule has 1 fully saturated rings. The molecule has 2 heterocycles. The number of hydrogen-bond acceptors (Lipinski definition) is 8. The Kier molecular flexibility index (Phi) is 9.16. The van der Waals surface area contributed by atoms with Crippen LogP contribution >= 0.6 is 0 Å². The summed E-state index contributed by atoms with van der Waals surface area (Å²) >= 11 is 0. The molecule has 0 radical (unpaired) electrons. The summed E-state index contributed by atoms with van der Waals surface area (Å²) in [6.07, 6.45) is 1.73. The van der Waals surface area contributed by atoms with Gasteiger partial charge in [0.1, 0.15) is 11.5 Å². The van der Waals surface area contributed by atoms with E-state index in [1.54, 1.807) is 27.6 Å². The highest BCUT2D eigenvalue weighted by molar-refractivity contribution is 6.27. The number of rotatable bonds is 7. The zero-order chi connectivity index (χ0) is 22.8. The Morgan fingerprint density at radius 2 is 1.39 bits per heavy atom. The van der Waals surface area contributed by atoms with Crippen LogP contribution in [-0.2, 0) is 22.7 Å². The van der Waals surface area contributed by atoms with E-state index in [0.29, 0.717) is 5.75 Å². The Morgan fingerprint density at radius 1 is 0.871 bits per heavy atom. The number of carboxylic acids is 2. The van der Waals surface area contributed by atoms with Gasteiger partial charge < -0.3 is 28.8 Å². The fraction of sp³-hybridized carbons (Fsp3) is 0.429. The highest BCUT2D eigenvalue weighted by Gasteiger charge is 2.20. The van der Waals surface area contributed by atoms with E-state index in [0.717, 1.165) is 62.1 Å². The third-order valence-electron chi connectivity index (χ3n) is 4.79. The molecule has 0 unspecified atom stereocenters. The first-order chi connectivity index (χ1) is 14.9. The maximum atomic E-state index is 9.10. The number of methoxy groups -OCH3 is 3. The number of piperazine rings is 1. The van der Waals surface area contributed by atoms with E-state index in [4.69, 9.17) is 38.4 Å². The summed E-state index contributed by atoms with van der Waals surface area (Å²) in [6, 6.07) is 7.87. The topological polar surface area (TPSA) is 122 Å². The molecule has 0 bridgehead atoms. The second-order valence-corrected chi connectivity index (χ2v) is 6.76. The van der Waals surface area contributed by atoms with Crippen LogP contribution in [0.25, 0.3) is 0 Å². The van der Waals surface area contributed by atoms with E-state index in [2.05, 4.69) is 9.80 Å². The van der Waals surface area contributed by atoms with Crippen molar-refractivity contribution in [2.24, 2.45) is 0 Å². The first-order valence-electron chi connectivity index (χ1n) is 9.60. The van der Waals surface area contributed by atoms with Crippen molar-refractivity contribution < 1.29 is 38.4 Å². The van der Waals surface area contributed by atoms with Gasteiger partial charge in [0.2, 0.25) is 0 Å². The van der Waals surface area contributed by atoms with Crippen molar-refractivity contribution in [2.45, 2.75) is 13.1 Å². The predicted molar refractivity (Wildman–Crippen MR) is 111 cm³/mol. The molecule has 0 atom stereocenters. The van der Waals surface area contributed by atoms with Crippen molar-refractivity contribution in [1.29, 1.82) is 0 Å². The standard InChI is InChI=1S/C19H26N2O4.C2H2O4/c1-22-17-12-19(24-3)18(23-2)11-15(17)13-20-6-8-21(9-7-20)14-16-5-4-10-25-16;3-1(4)2(5)6/h4-5,10-12H,6-9,13-14H2,1-3H3;(H,3,4)(H,5,6). The van der Waals surface area contributed by atoms with Crippen LogP contribution in [-0.4, -0.2) is 79.5 Å². The average molecular weight is 436 g/mol. The summed E-state index contributed by atoms with van der Waals surface area (Å²) in [6.45, 7) is 5.78. The molecule has 1 saturated heterocycles. The van der Waals surface area contributed by atoms with Gasteiger partial charge in [-0.2, -0.15) is 0 Å². The highest BCUT2D eigenvalue weighted by atomic mass is 16.5. The predicted octanol–water partition coefficient (Wildman–Crippen LogP) is 1.78. The molecule has 0 amide bonds. The van der Waals surface area contributed by atoms with Crippen LogP contribution in [0.4, 0.5) is 0 Å². The molecular weight excluding hydrogens is 408 g/mol. The quantitative estimate of drug-likeness (QED) is 0.621. The first kappa shape index (κ1) is 24.0. The lowest BCUT2D eigenvalue weighted by atomic mass is 10.1. The molecule has 1 aliphatic heterocycles. The fourth-order valence-corrected chi connectivity index (χ4v) is 3.19. The Bertz CT molecular complexity index is 833. The van der Waals surface area contributed by atoms with Gasteiger partial charge in [0.05, 0.1) is 34.1 Å². The Morgan fingerprint density at radius 3 is 1.84 bits per heavy atom. The molecule has 10 heteroatoms. The molecule has 2 N–H and O–H groups in total. The van der Waals surface area contributed by atoms with Crippen LogP contribution < -0.4 is 14.2 Å². The molecule has 0 spiro atoms.